The summed E-state index contributed by atoms with van der Waals surface area (Å²) in [5.41, 5.74) is 2.70. The summed E-state index contributed by atoms with van der Waals surface area (Å²) in [7, 11) is -3.62. The fourth-order valence-electron chi connectivity index (χ4n) is 3.13. The average Bonchev–Trinajstić information content (AvgIpc) is 3.09. The molecule has 144 valence electrons. The van der Waals surface area contributed by atoms with Gasteiger partial charge in [0.15, 0.2) is 0 Å². The van der Waals surface area contributed by atoms with Gasteiger partial charge in [0.1, 0.15) is 12.4 Å². The monoisotopic (exact) mass is 388 g/mol. The molecule has 1 N–H and O–H groups in total. The minimum atomic E-state index is -3.62. The number of hydrogen-bond acceptors (Lipinski definition) is 4. The molecule has 0 aromatic heterocycles. The number of nitrogens with zero attached hydrogens (tertiary/aromatic N) is 1. The largest absolute Gasteiger partial charge is 0.492 e. The number of amides is 1. The van der Waals surface area contributed by atoms with Gasteiger partial charge < -0.3 is 9.64 Å². The van der Waals surface area contributed by atoms with E-state index in [1.807, 2.05) is 38.1 Å². The van der Waals surface area contributed by atoms with E-state index >= 15 is 0 Å². The molecule has 0 unspecified atom stereocenters. The second kappa shape index (κ2) is 8.10. The van der Waals surface area contributed by atoms with E-state index < -0.39 is 10.0 Å². The van der Waals surface area contributed by atoms with E-state index in [1.54, 1.807) is 23.1 Å². The van der Waals surface area contributed by atoms with Crippen molar-refractivity contribution >= 4 is 21.6 Å². The van der Waals surface area contributed by atoms with Gasteiger partial charge in [-0.3, -0.25) is 4.79 Å². The Morgan fingerprint density at radius 2 is 2.00 bits per heavy atom. The normalized spacial score (nSPS) is 13.5. The molecule has 0 saturated heterocycles. The molecule has 2 aromatic carbocycles. The van der Waals surface area contributed by atoms with Gasteiger partial charge >= 0.3 is 0 Å². The van der Waals surface area contributed by atoms with Gasteiger partial charge in [0.05, 0.1) is 4.90 Å². The number of sulfonamides is 1. The number of rotatable bonds is 7. The lowest BCUT2D eigenvalue weighted by Gasteiger charge is -2.16. The molecular weight excluding hydrogens is 364 g/mol. The van der Waals surface area contributed by atoms with E-state index in [0.29, 0.717) is 19.4 Å². The number of benzene rings is 2. The van der Waals surface area contributed by atoms with E-state index in [1.165, 1.54) is 0 Å². The molecule has 0 atom stereocenters. The van der Waals surface area contributed by atoms with Crippen molar-refractivity contribution in [2.24, 2.45) is 0 Å². The molecule has 1 amide bonds. The molecule has 0 fully saturated rings. The predicted octanol–water partition coefficient (Wildman–Crippen LogP) is 2.65. The van der Waals surface area contributed by atoms with Crippen LogP contribution in [0.25, 0.3) is 0 Å². The van der Waals surface area contributed by atoms with Crippen molar-refractivity contribution in [2.45, 2.75) is 31.6 Å². The van der Waals surface area contributed by atoms with Crippen molar-refractivity contribution in [3.8, 4) is 5.75 Å². The molecule has 0 bridgehead atoms. The van der Waals surface area contributed by atoms with Gasteiger partial charge in [-0.15, -0.1) is 0 Å². The quantitative estimate of drug-likeness (QED) is 0.740. The zero-order valence-electron chi connectivity index (χ0n) is 15.6. The number of carbonyl (C=O) groups is 1. The van der Waals surface area contributed by atoms with E-state index in [4.69, 9.17) is 4.74 Å². The first-order valence-corrected chi connectivity index (χ1v) is 10.5. The third kappa shape index (κ3) is 4.31. The molecule has 1 aliphatic heterocycles. The highest BCUT2D eigenvalue weighted by atomic mass is 32.2. The smallest absolute Gasteiger partial charge is 0.240 e. The number of para-hydroxylation sites is 1. The summed E-state index contributed by atoms with van der Waals surface area (Å²) in [5, 5.41) is 0. The molecule has 0 spiro atoms. The van der Waals surface area contributed by atoms with Gasteiger partial charge in [-0.05, 0) is 48.7 Å². The lowest BCUT2D eigenvalue weighted by Crippen LogP contribution is -2.29. The Morgan fingerprint density at radius 1 is 1.22 bits per heavy atom. The number of nitrogens with one attached hydrogen (secondary N) is 1. The SMILES string of the molecule is CCC(=O)N1CCc2cc(S(=O)(=O)NCCOc3ccccc3C)ccc21. The van der Waals surface area contributed by atoms with Crippen molar-refractivity contribution in [2.75, 3.05) is 24.6 Å². The summed E-state index contributed by atoms with van der Waals surface area (Å²) in [6, 6.07) is 12.5. The molecule has 27 heavy (non-hydrogen) atoms. The fraction of sp³-hybridized carbons (Fsp3) is 0.350. The topological polar surface area (TPSA) is 75.7 Å². The van der Waals surface area contributed by atoms with Crippen LogP contribution in [0.2, 0.25) is 0 Å². The van der Waals surface area contributed by atoms with Crippen LogP contribution in [-0.2, 0) is 21.2 Å². The van der Waals surface area contributed by atoms with Crippen molar-refractivity contribution in [1.29, 1.82) is 0 Å². The van der Waals surface area contributed by atoms with Crippen LogP contribution >= 0.6 is 0 Å². The van der Waals surface area contributed by atoms with Gasteiger partial charge in [0, 0.05) is 25.2 Å². The molecular formula is C20H24N2O4S. The molecule has 3 rings (SSSR count). The van der Waals surface area contributed by atoms with Crippen LogP contribution in [0.4, 0.5) is 5.69 Å². The molecule has 7 heteroatoms. The van der Waals surface area contributed by atoms with Gasteiger partial charge in [0.2, 0.25) is 15.9 Å². The van der Waals surface area contributed by atoms with Gasteiger partial charge in [0.25, 0.3) is 0 Å². The molecule has 0 aliphatic carbocycles. The predicted molar refractivity (Wildman–Crippen MR) is 105 cm³/mol. The van der Waals surface area contributed by atoms with Gasteiger partial charge in [-0.1, -0.05) is 25.1 Å². The summed E-state index contributed by atoms with van der Waals surface area (Å²) >= 11 is 0. The summed E-state index contributed by atoms with van der Waals surface area (Å²) < 4.78 is 33.3. The van der Waals surface area contributed by atoms with Crippen LogP contribution in [0.5, 0.6) is 5.75 Å². The number of carbonyl (C=O) groups excluding carboxylic acids is 1. The van der Waals surface area contributed by atoms with Crippen LogP contribution in [0, 0.1) is 6.92 Å². The first-order valence-electron chi connectivity index (χ1n) is 9.04. The first-order chi connectivity index (χ1) is 12.9. The van der Waals surface area contributed by atoms with Crippen molar-refractivity contribution in [3.05, 3.63) is 53.6 Å². The van der Waals surface area contributed by atoms with Crippen LogP contribution in [0.1, 0.15) is 24.5 Å². The third-order valence-corrected chi connectivity index (χ3v) is 6.06. The molecule has 6 nitrogen and oxygen atoms in total. The second-order valence-electron chi connectivity index (χ2n) is 6.45. The average molecular weight is 388 g/mol. The Morgan fingerprint density at radius 3 is 2.74 bits per heavy atom. The Kier molecular flexibility index (Phi) is 5.82. The zero-order chi connectivity index (χ0) is 19.4. The highest BCUT2D eigenvalue weighted by molar-refractivity contribution is 7.89. The summed E-state index contributed by atoms with van der Waals surface area (Å²) in [6.45, 7) is 4.78. The maximum Gasteiger partial charge on any atom is 0.240 e. The lowest BCUT2D eigenvalue weighted by atomic mass is 10.2. The van der Waals surface area contributed by atoms with Crippen LogP contribution in [0.15, 0.2) is 47.4 Å². The molecule has 2 aromatic rings. The highest BCUT2D eigenvalue weighted by Gasteiger charge is 2.25. The number of ether oxygens (including phenoxy) is 1. The Bertz CT molecular complexity index is 941. The van der Waals surface area contributed by atoms with E-state index in [2.05, 4.69) is 4.72 Å². The summed E-state index contributed by atoms with van der Waals surface area (Å²) in [6.07, 6.45) is 1.10. The Hall–Kier alpha value is -2.38. The molecule has 0 saturated carbocycles. The van der Waals surface area contributed by atoms with Crippen LogP contribution < -0.4 is 14.4 Å². The minimum absolute atomic E-state index is 0.0517. The standard InChI is InChI=1S/C20H24N2O4S/c1-3-20(23)22-12-10-16-14-17(8-9-18(16)22)27(24,25)21-11-13-26-19-7-5-4-6-15(19)2/h4-9,14,21H,3,10-13H2,1-2H3. The lowest BCUT2D eigenvalue weighted by molar-refractivity contribution is -0.118. The van der Waals surface area contributed by atoms with Gasteiger partial charge in [-0.2, -0.15) is 0 Å². The number of fused-ring (bicyclic) bond motifs is 1. The third-order valence-electron chi connectivity index (χ3n) is 4.61. The molecule has 0 radical (unpaired) electrons. The number of anilines is 1. The Labute approximate surface area is 160 Å². The summed E-state index contributed by atoms with van der Waals surface area (Å²) in [5.74, 6) is 0.797. The zero-order valence-corrected chi connectivity index (χ0v) is 16.4. The number of aryl methyl sites for hydroxylation is 1. The maximum absolute atomic E-state index is 12.5. The van der Waals surface area contributed by atoms with Crippen LogP contribution in [0.3, 0.4) is 0 Å². The van der Waals surface area contributed by atoms with E-state index in [0.717, 1.165) is 22.6 Å². The Balaban J connectivity index is 1.62. The molecule has 1 heterocycles. The molecule has 1 aliphatic rings. The number of hydrogen-bond donors (Lipinski definition) is 1. The summed E-state index contributed by atoms with van der Waals surface area (Å²) in [4.78, 5) is 13.9. The van der Waals surface area contributed by atoms with Crippen molar-refractivity contribution in [1.82, 2.24) is 4.72 Å². The fourth-order valence-corrected chi connectivity index (χ4v) is 4.20. The highest BCUT2D eigenvalue weighted by Crippen LogP contribution is 2.30. The van der Waals surface area contributed by atoms with Crippen molar-refractivity contribution < 1.29 is 17.9 Å². The van der Waals surface area contributed by atoms with Crippen molar-refractivity contribution in [3.63, 3.8) is 0 Å². The van der Waals surface area contributed by atoms with E-state index in [-0.39, 0.29) is 24.0 Å². The maximum atomic E-state index is 12.5. The minimum Gasteiger partial charge on any atom is -0.492 e. The van der Waals surface area contributed by atoms with Gasteiger partial charge in [-0.25, -0.2) is 13.1 Å². The first kappa shape index (κ1) is 19.4. The van der Waals surface area contributed by atoms with E-state index in [9.17, 15) is 13.2 Å². The van der Waals surface area contributed by atoms with Crippen LogP contribution in [-0.4, -0.2) is 34.0 Å². The second-order valence-corrected chi connectivity index (χ2v) is 8.22.